The van der Waals surface area contributed by atoms with Gasteiger partial charge in [-0.3, -0.25) is 67.5 Å². The molecule has 0 radical (unpaired) electrons. The summed E-state index contributed by atoms with van der Waals surface area (Å²) in [5.41, 5.74) is 18.6. The number of carboxylic acids is 2. The summed E-state index contributed by atoms with van der Waals surface area (Å²) in [5, 5.41) is 52.9. The number of carbonyl (C=O) groups excluding carboxylic acids is 10. The zero-order chi connectivity index (χ0) is 98.7. The summed E-state index contributed by atoms with van der Waals surface area (Å²) in [6.07, 6.45) is 7.28. The number of benzene rings is 2. The lowest BCUT2D eigenvalue weighted by molar-refractivity contribution is -0.140. The van der Waals surface area contributed by atoms with Crippen LogP contribution in [0.1, 0.15) is 148 Å². The lowest BCUT2D eigenvalue weighted by Crippen LogP contribution is -2.41. The summed E-state index contributed by atoms with van der Waals surface area (Å²) in [6, 6.07) is 9.91. The lowest BCUT2D eigenvalue weighted by atomic mass is 10.1. The third kappa shape index (κ3) is 51.7. The minimum Gasteiger partial charge on any atom is -0.480 e. The van der Waals surface area contributed by atoms with Gasteiger partial charge in [0.15, 0.2) is 22.3 Å². The molecule has 0 saturated heterocycles. The molecule has 0 aliphatic carbocycles. The molecule has 10 amide bonds. The number of aliphatic carboxylic acids is 2. The number of nitrogen functional groups attached to an aromatic ring is 2. The van der Waals surface area contributed by atoms with Crippen molar-refractivity contribution < 1.29 is 110 Å². The molecule has 2 atom stereocenters. The molecule has 0 aliphatic rings. The Morgan fingerprint density at radius 2 is 0.628 bits per heavy atom. The normalized spacial score (nSPS) is 11.6. The summed E-state index contributed by atoms with van der Waals surface area (Å²) in [7, 11) is 0. The van der Waals surface area contributed by atoms with Gasteiger partial charge >= 0.3 is 11.9 Å². The van der Waals surface area contributed by atoms with Gasteiger partial charge in [0.25, 0.3) is 22.9 Å². The van der Waals surface area contributed by atoms with E-state index < -0.39 is 47.0 Å². The number of nitrogens with two attached hydrogens (primary N) is 3. The Balaban J connectivity index is 0.680. The molecule has 6 rings (SSSR count). The minimum absolute atomic E-state index is 0.0479. The van der Waals surface area contributed by atoms with Gasteiger partial charge in [0, 0.05) is 186 Å². The van der Waals surface area contributed by atoms with Gasteiger partial charge in [-0.1, -0.05) is 0 Å². The predicted molar refractivity (Wildman–Crippen MR) is 500 cm³/mol. The molecule has 0 bridgehead atoms. The number of carbonyl (C=O) groups is 12. The van der Waals surface area contributed by atoms with Crippen LogP contribution in [0.5, 0.6) is 0 Å². The van der Waals surface area contributed by atoms with Crippen LogP contribution in [0, 0.1) is 0 Å². The first-order valence-corrected chi connectivity index (χ1v) is 46.0. The van der Waals surface area contributed by atoms with Crippen LogP contribution in [0.15, 0.2) is 70.5 Å². The number of fused-ring (bicyclic) bond motifs is 2. The Morgan fingerprint density at radius 1 is 0.343 bits per heavy atom. The van der Waals surface area contributed by atoms with E-state index in [0.29, 0.717) is 239 Å². The molecule has 2 aromatic carbocycles. The molecule has 4 heterocycles. The maximum Gasteiger partial charge on any atom is 0.326 e. The van der Waals surface area contributed by atoms with E-state index in [0.717, 1.165) is 6.42 Å². The molecule has 0 fully saturated rings. The number of hydrogen-bond donors (Lipinski definition) is 19. The van der Waals surface area contributed by atoms with E-state index >= 15 is 0 Å². The largest absolute Gasteiger partial charge is 0.480 e. The topological polar surface area (TPSA) is 697 Å². The number of ether oxygens (including phenoxy) is 9. The van der Waals surface area contributed by atoms with E-state index in [1.807, 2.05) is 4.90 Å². The molecule has 0 saturated carbocycles. The molecule has 4 aromatic heterocycles. The zero-order valence-electron chi connectivity index (χ0n) is 77.4. The maximum absolute atomic E-state index is 12.9. The molecule has 6 aromatic rings. The van der Waals surface area contributed by atoms with Gasteiger partial charge in [-0.25, -0.2) is 29.5 Å². The second-order valence-electron chi connectivity index (χ2n) is 30.9. The van der Waals surface area contributed by atoms with E-state index in [1.54, 1.807) is 24.3 Å². The Kier molecular flexibility index (Phi) is 57.0. The van der Waals surface area contributed by atoms with Crippen molar-refractivity contribution in [3.05, 3.63) is 104 Å². The van der Waals surface area contributed by atoms with E-state index in [9.17, 15) is 77.3 Å². The fourth-order valence-electron chi connectivity index (χ4n) is 12.5. The third-order valence-corrected chi connectivity index (χ3v) is 19.8. The molecular weight excluding hydrogens is 1790 g/mol. The first-order valence-electron chi connectivity index (χ1n) is 46.0. The van der Waals surface area contributed by atoms with Gasteiger partial charge in [0.05, 0.1) is 116 Å². The zero-order valence-corrected chi connectivity index (χ0v) is 77.4. The molecule has 22 N–H and O–H groups in total. The highest BCUT2D eigenvalue weighted by molar-refractivity contribution is 5.98. The Morgan fingerprint density at radius 3 is 0.942 bits per heavy atom. The van der Waals surface area contributed by atoms with Crippen molar-refractivity contribution in [1.82, 2.24) is 97.9 Å². The Bertz CT molecular complexity index is 4490. The fraction of sp³-hybridized carbons (Fsp3) is 0.591. The van der Waals surface area contributed by atoms with Crippen LogP contribution in [-0.4, -0.2) is 336 Å². The highest BCUT2D eigenvalue weighted by atomic mass is 16.6. The first-order chi connectivity index (χ1) is 66.4. The summed E-state index contributed by atoms with van der Waals surface area (Å²) in [6.45, 7) is 11.0. The molecule has 49 heteroatoms. The van der Waals surface area contributed by atoms with Gasteiger partial charge in [-0.05, 0) is 119 Å². The van der Waals surface area contributed by atoms with Gasteiger partial charge in [0.1, 0.15) is 12.1 Å². The average molecular weight is 1930 g/mol. The second-order valence-corrected chi connectivity index (χ2v) is 30.9. The second kappa shape index (κ2) is 69.1. The van der Waals surface area contributed by atoms with Crippen molar-refractivity contribution in [2.45, 2.75) is 141 Å². The molecular formula is C88H134N24O25. The van der Waals surface area contributed by atoms with Crippen LogP contribution >= 0.6 is 0 Å². The number of hydrogen-bond acceptors (Lipinski definition) is 35. The van der Waals surface area contributed by atoms with Gasteiger partial charge in [-0.15, -0.1) is 0 Å². The smallest absolute Gasteiger partial charge is 0.326 e. The van der Waals surface area contributed by atoms with Crippen molar-refractivity contribution in [3.8, 4) is 0 Å². The fourth-order valence-corrected chi connectivity index (χ4v) is 12.5. The number of anilines is 4. The molecule has 0 aliphatic heterocycles. The van der Waals surface area contributed by atoms with E-state index in [2.05, 4.69) is 104 Å². The van der Waals surface area contributed by atoms with Crippen LogP contribution in [0.4, 0.5) is 23.3 Å². The van der Waals surface area contributed by atoms with Crippen molar-refractivity contribution in [1.29, 1.82) is 0 Å². The maximum atomic E-state index is 12.9. The average Bonchev–Trinajstić information content (AvgIpc) is 0.814. The number of nitrogens with one attached hydrogen (secondary N) is 14. The van der Waals surface area contributed by atoms with Gasteiger partial charge in [-0.2, -0.15) is 9.97 Å². The summed E-state index contributed by atoms with van der Waals surface area (Å²) >= 11 is 0. The predicted octanol–water partition coefficient (Wildman–Crippen LogP) is -1.44. The SMILES string of the molecule is NCCCOCCOCCOCCCN(CCC(=O)NCCNC(=O)CCCC(=O)NCCCOCCOCCOCCCNC(=O)CCC(NC(=O)c1ccc(NCc2cnc3c(=O)[nH]c(N)nc3n2)cc1)C(=O)O)CCC(=O)NCCNC(=O)CCCC(=O)NCCCOCCOCCOCCCNC(=O)CCC(NC(=O)c1ccc(NCc2cnc3c(=O)[nH]c(N)nc3n2)cc1)C(=O)O. The van der Waals surface area contributed by atoms with Gasteiger partial charge in [0.2, 0.25) is 59.2 Å². The number of aromatic nitrogens is 8. The van der Waals surface area contributed by atoms with Crippen molar-refractivity contribution in [3.63, 3.8) is 0 Å². The summed E-state index contributed by atoms with van der Waals surface area (Å²) in [5.74, 6) is -6.18. The number of amides is 10. The number of rotatable bonds is 79. The van der Waals surface area contributed by atoms with E-state index in [-0.39, 0.29) is 196 Å². The lowest BCUT2D eigenvalue weighted by Gasteiger charge is -2.22. The van der Waals surface area contributed by atoms with Crippen molar-refractivity contribution in [2.75, 3.05) is 220 Å². The summed E-state index contributed by atoms with van der Waals surface area (Å²) in [4.78, 5) is 206. The van der Waals surface area contributed by atoms with Crippen LogP contribution < -0.4 is 92.1 Å². The third-order valence-electron chi connectivity index (χ3n) is 19.8. The van der Waals surface area contributed by atoms with Crippen LogP contribution in [-0.2, 0) is 104 Å². The highest BCUT2D eigenvalue weighted by Gasteiger charge is 2.25. The first kappa shape index (κ1) is 113. The molecule has 756 valence electrons. The van der Waals surface area contributed by atoms with Crippen LogP contribution in [0.2, 0.25) is 0 Å². The monoisotopic (exact) mass is 1930 g/mol. The summed E-state index contributed by atoms with van der Waals surface area (Å²) < 4.78 is 50.1. The van der Waals surface area contributed by atoms with E-state index in [4.69, 9.17) is 59.8 Å². The highest BCUT2D eigenvalue weighted by Crippen LogP contribution is 2.16. The van der Waals surface area contributed by atoms with Crippen molar-refractivity contribution in [2.24, 2.45) is 5.73 Å². The van der Waals surface area contributed by atoms with Crippen molar-refractivity contribution >= 4 is 117 Å². The molecule has 0 spiro atoms. The Labute approximate surface area is 791 Å². The van der Waals surface area contributed by atoms with Crippen LogP contribution in [0.25, 0.3) is 22.3 Å². The van der Waals surface area contributed by atoms with Gasteiger partial charge < -0.3 is 139 Å². The Hall–Kier alpha value is -12.7. The van der Waals surface area contributed by atoms with Crippen LogP contribution in [0.3, 0.4) is 0 Å². The minimum atomic E-state index is -1.31. The number of carboxylic acid groups (broad SMARTS) is 2. The molecule has 2 unspecified atom stereocenters. The van der Waals surface area contributed by atoms with E-state index in [1.165, 1.54) is 36.7 Å². The molecule has 49 nitrogen and oxygen atoms in total. The quantitative estimate of drug-likeness (QED) is 0.0194. The number of nitrogens with zero attached hydrogens (tertiary/aromatic N) is 7. The number of aromatic amines is 2. The molecule has 137 heavy (non-hydrogen) atoms. The number of H-pyrrole nitrogens is 2. The standard InChI is InChI=1S/C88H134N24O25/c89-27-3-39-129-45-51-135-56-50-134-44-8-36-112(37-25-75(119)98-34-32-96-71(115)11-1-9-69(113)92-28-4-40-130-46-52-136-54-48-132-42-6-30-94-73(117)23-21-67(85(125)126)106-81(121)61-13-17-63(18-14-61)100-57-65-59-102-77-79(104-65)108-87(90)110-83(77)123)38-26-76(120)99-35-33-97-72(116)12-2-10-70(114)93-29-5-41-131-47-53-137-55-49-133-43-7-31-95-74(118)24-22-68(86(127)128)107-82(122)62-15-19-64(20-16-62)101-58-66-60-103-78-80(105-66)109-88(91)111-84(78)124/h13-20,59-60,67-68,100-101H,1-12,21-58,89H2,(H,92,113)(H,93,114)(H,94,117)(H,95,118)(H,96,115)(H,97,116)(H,98,119)(H,99,120)(H,106,121)(H,107,122)(H,125,126)(H,127,128)(H3,90,104,108,110,123)(H3,91,105,109,111,124).